The standard InChI is InChI=1S/C9H13NO.C2H6/c1-4-11-9-5-7(2)8(3)6-10-9;1-2/h5-6H,4H2,1-3H3;1-2H3. The average molecular weight is 181 g/mol. The maximum atomic E-state index is 5.23. The van der Waals surface area contributed by atoms with Gasteiger partial charge in [-0.05, 0) is 31.9 Å². The van der Waals surface area contributed by atoms with Crippen molar-refractivity contribution in [3.05, 3.63) is 23.4 Å². The third-order valence-electron chi connectivity index (χ3n) is 1.64. The van der Waals surface area contributed by atoms with E-state index in [1.54, 1.807) is 0 Å². The molecule has 1 heterocycles. The summed E-state index contributed by atoms with van der Waals surface area (Å²) in [4.78, 5) is 4.11. The number of aromatic nitrogens is 1. The monoisotopic (exact) mass is 181 g/mol. The fraction of sp³-hybridized carbons (Fsp3) is 0.545. The van der Waals surface area contributed by atoms with Crippen LogP contribution in [0.2, 0.25) is 0 Å². The highest BCUT2D eigenvalue weighted by Crippen LogP contribution is 2.11. The van der Waals surface area contributed by atoms with Crippen LogP contribution in [0.1, 0.15) is 31.9 Å². The summed E-state index contributed by atoms with van der Waals surface area (Å²) >= 11 is 0. The quantitative estimate of drug-likeness (QED) is 0.699. The van der Waals surface area contributed by atoms with Crippen LogP contribution in [0.4, 0.5) is 0 Å². The Morgan fingerprint density at radius 3 is 2.31 bits per heavy atom. The lowest BCUT2D eigenvalue weighted by Crippen LogP contribution is -1.95. The molecule has 0 aliphatic heterocycles. The van der Waals surface area contributed by atoms with Crippen molar-refractivity contribution in [1.82, 2.24) is 4.98 Å². The first-order valence-electron chi connectivity index (χ1n) is 4.80. The molecule has 0 atom stereocenters. The molecule has 0 bridgehead atoms. The third kappa shape index (κ3) is 3.92. The zero-order valence-corrected chi connectivity index (χ0v) is 9.22. The fourth-order valence-electron chi connectivity index (χ4n) is 0.825. The lowest BCUT2D eigenvalue weighted by atomic mass is 10.2. The van der Waals surface area contributed by atoms with Crippen LogP contribution < -0.4 is 4.74 Å². The summed E-state index contributed by atoms with van der Waals surface area (Å²) < 4.78 is 5.23. The van der Waals surface area contributed by atoms with Gasteiger partial charge in [-0.3, -0.25) is 0 Å². The minimum atomic E-state index is 0.676. The van der Waals surface area contributed by atoms with Crippen LogP contribution in [0.15, 0.2) is 12.3 Å². The molecule has 0 aromatic carbocycles. The van der Waals surface area contributed by atoms with Crippen LogP contribution in [-0.4, -0.2) is 11.6 Å². The summed E-state index contributed by atoms with van der Waals surface area (Å²) in [6.45, 7) is 10.7. The smallest absolute Gasteiger partial charge is 0.213 e. The molecule has 74 valence electrons. The Labute approximate surface area is 81.0 Å². The van der Waals surface area contributed by atoms with Crippen LogP contribution in [0.5, 0.6) is 5.88 Å². The molecule has 0 unspecified atom stereocenters. The molecule has 1 aromatic heterocycles. The van der Waals surface area contributed by atoms with Gasteiger partial charge in [0.05, 0.1) is 6.61 Å². The molecular formula is C11H19NO. The average Bonchev–Trinajstić information content (AvgIpc) is 2.15. The van der Waals surface area contributed by atoms with Gasteiger partial charge in [0.1, 0.15) is 0 Å². The van der Waals surface area contributed by atoms with Crippen molar-refractivity contribution in [2.45, 2.75) is 34.6 Å². The van der Waals surface area contributed by atoms with Gasteiger partial charge in [-0.2, -0.15) is 0 Å². The zero-order chi connectivity index (χ0) is 10.3. The van der Waals surface area contributed by atoms with E-state index in [9.17, 15) is 0 Å². The predicted octanol–water partition coefficient (Wildman–Crippen LogP) is 3.12. The Hall–Kier alpha value is -1.05. The van der Waals surface area contributed by atoms with Crippen LogP contribution in [0, 0.1) is 13.8 Å². The molecule has 0 fully saturated rings. The zero-order valence-electron chi connectivity index (χ0n) is 9.22. The summed E-state index contributed by atoms with van der Waals surface area (Å²) in [7, 11) is 0. The van der Waals surface area contributed by atoms with Crippen molar-refractivity contribution in [2.24, 2.45) is 0 Å². The van der Waals surface area contributed by atoms with E-state index in [2.05, 4.69) is 11.9 Å². The summed E-state index contributed by atoms with van der Waals surface area (Å²) in [6.07, 6.45) is 1.83. The molecule has 13 heavy (non-hydrogen) atoms. The molecule has 2 heteroatoms. The van der Waals surface area contributed by atoms with E-state index >= 15 is 0 Å². The highest BCUT2D eigenvalue weighted by atomic mass is 16.5. The van der Waals surface area contributed by atoms with Crippen LogP contribution in [-0.2, 0) is 0 Å². The summed E-state index contributed by atoms with van der Waals surface area (Å²) in [5.74, 6) is 0.718. The molecule has 1 aromatic rings. The Morgan fingerprint density at radius 2 is 1.85 bits per heavy atom. The van der Waals surface area contributed by atoms with Crippen LogP contribution >= 0.6 is 0 Å². The first kappa shape index (κ1) is 11.9. The molecule has 0 spiro atoms. The molecule has 2 nitrogen and oxygen atoms in total. The molecule has 0 amide bonds. The van der Waals surface area contributed by atoms with Gasteiger partial charge in [0.2, 0.25) is 5.88 Å². The molecule has 0 saturated heterocycles. The first-order chi connectivity index (χ1) is 6.24. The Balaban J connectivity index is 0.000000671. The van der Waals surface area contributed by atoms with Gasteiger partial charge in [0, 0.05) is 12.3 Å². The van der Waals surface area contributed by atoms with Gasteiger partial charge in [-0.1, -0.05) is 13.8 Å². The minimum absolute atomic E-state index is 0.676. The maximum absolute atomic E-state index is 5.23. The van der Waals surface area contributed by atoms with E-state index in [1.165, 1.54) is 11.1 Å². The number of ether oxygens (including phenoxy) is 1. The van der Waals surface area contributed by atoms with Crippen molar-refractivity contribution < 1.29 is 4.74 Å². The van der Waals surface area contributed by atoms with E-state index in [1.807, 2.05) is 40.0 Å². The first-order valence-corrected chi connectivity index (χ1v) is 4.80. The highest BCUT2D eigenvalue weighted by Gasteiger charge is 1.96. The van der Waals surface area contributed by atoms with Crippen molar-refractivity contribution in [2.75, 3.05) is 6.61 Å². The number of aryl methyl sites for hydroxylation is 2. The van der Waals surface area contributed by atoms with E-state index in [4.69, 9.17) is 4.74 Å². The van der Waals surface area contributed by atoms with Crippen molar-refractivity contribution in [3.8, 4) is 5.88 Å². The minimum Gasteiger partial charge on any atom is -0.478 e. The molecule has 0 saturated carbocycles. The normalized spacial score (nSPS) is 8.69. The summed E-state index contributed by atoms with van der Waals surface area (Å²) in [5.41, 5.74) is 2.43. The second-order valence-electron chi connectivity index (χ2n) is 2.54. The predicted molar refractivity (Wildman–Crippen MR) is 56.2 cm³/mol. The van der Waals surface area contributed by atoms with Crippen molar-refractivity contribution in [1.29, 1.82) is 0 Å². The molecule has 0 N–H and O–H groups in total. The Bertz CT molecular complexity index is 246. The number of hydrogen-bond donors (Lipinski definition) is 0. The second kappa shape index (κ2) is 6.46. The number of hydrogen-bond acceptors (Lipinski definition) is 2. The van der Waals surface area contributed by atoms with E-state index in [0.29, 0.717) is 6.61 Å². The molecule has 0 aliphatic carbocycles. The van der Waals surface area contributed by atoms with E-state index in [-0.39, 0.29) is 0 Å². The van der Waals surface area contributed by atoms with E-state index < -0.39 is 0 Å². The van der Waals surface area contributed by atoms with Gasteiger partial charge in [0.15, 0.2) is 0 Å². The van der Waals surface area contributed by atoms with E-state index in [0.717, 1.165) is 5.88 Å². The number of rotatable bonds is 2. The third-order valence-corrected chi connectivity index (χ3v) is 1.64. The lowest BCUT2D eigenvalue weighted by molar-refractivity contribution is 0.326. The number of nitrogens with zero attached hydrogens (tertiary/aromatic N) is 1. The Kier molecular flexibility index (Phi) is 5.94. The largest absolute Gasteiger partial charge is 0.478 e. The molecule has 0 radical (unpaired) electrons. The van der Waals surface area contributed by atoms with Gasteiger partial charge in [-0.25, -0.2) is 4.98 Å². The lowest BCUT2D eigenvalue weighted by Gasteiger charge is -2.03. The molecular weight excluding hydrogens is 162 g/mol. The van der Waals surface area contributed by atoms with Crippen LogP contribution in [0.25, 0.3) is 0 Å². The Morgan fingerprint density at radius 1 is 1.23 bits per heavy atom. The number of pyridine rings is 1. The van der Waals surface area contributed by atoms with Gasteiger partial charge in [-0.15, -0.1) is 0 Å². The molecule has 0 aliphatic rings. The fourth-order valence-corrected chi connectivity index (χ4v) is 0.825. The topological polar surface area (TPSA) is 22.1 Å². The van der Waals surface area contributed by atoms with Crippen molar-refractivity contribution in [3.63, 3.8) is 0 Å². The van der Waals surface area contributed by atoms with Gasteiger partial charge in [0.25, 0.3) is 0 Å². The summed E-state index contributed by atoms with van der Waals surface area (Å²) in [5, 5.41) is 0. The second-order valence-corrected chi connectivity index (χ2v) is 2.54. The molecule has 1 rings (SSSR count). The summed E-state index contributed by atoms with van der Waals surface area (Å²) in [6, 6.07) is 1.96. The van der Waals surface area contributed by atoms with Crippen molar-refractivity contribution >= 4 is 0 Å². The highest BCUT2D eigenvalue weighted by molar-refractivity contribution is 5.26. The van der Waals surface area contributed by atoms with Gasteiger partial charge >= 0.3 is 0 Å². The maximum Gasteiger partial charge on any atom is 0.213 e. The van der Waals surface area contributed by atoms with Crippen LogP contribution in [0.3, 0.4) is 0 Å². The SMILES string of the molecule is CC.CCOc1cc(C)c(C)cn1. The van der Waals surface area contributed by atoms with Gasteiger partial charge < -0.3 is 4.74 Å².